The smallest absolute Gasteiger partial charge is 0.312 e. The Kier molecular flexibility index (Phi) is 25.8. The summed E-state index contributed by atoms with van der Waals surface area (Å²) in [4.78, 5) is 11.9. The first-order valence-electron chi connectivity index (χ1n) is 21.9. The molecule has 0 saturated carbocycles. The maximum atomic E-state index is 11.9. The molecule has 3 aliphatic heterocycles. The van der Waals surface area contributed by atoms with Gasteiger partial charge in [0.05, 0.1) is 48.6 Å². The molecule has 54 heavy (non-hydrogen) atoms. The van der Waals surface area contributed by atoms with Crippen molar-refractivity contribution in [3.63, 3.8) is 0 Å². The number of carbonyl (C=O) groups excluding carboxylic acids is 1. The molecule has 11 heteroatoms. The van der Waals surface area contributed by atoms with E-state index in [2.05, 4.69) is 6.92 Å². The van der Waals surface area contributed by atoms with Gasteiger partial charge < -0.3 is 47.7 Å². The van der Waals surface area contributed by atoms with E-state index in [0.29, 0.717) is 0 Å². The molecular formula is C43H80O11. The largest absolute Gasteiger partial charge is 0.460 e. The minimum Gasteiger partial charge on any atom is -0.460 e. The number of hydrogen-bond donors (Lipinski definition) is 1. The molecule has 0 bridgehead atoms. The second-order valence-electron chi connectivity index (χ2n) is 16.1. The molecule has 0 aromatic heterocycles. The molecule has 0 aliphatic carbocycles. The molecule has 3 saturated heterocycles. The van der Waals surface area contributed by atoms with Crippen LogP contribution in [-0.2, 0) is 47.4 Å². The van der Waals surface area contributed by atoms with E-state index in [0.717, 1.165) is 83.5 Å². The summed E-state index contributed by atoms with van der Waals surface area (Å²) in [7, 11) is 5.01. The highest BCUT2D eigenvalue weighted by molar-refractivity contribution is 5.75. The first-order chi connectivity index (χ1) is 26.4. The molecule has 0 radical (unpaired) electrons. The van der Waals surface area contributed by atoms with E-state index in [1.807, 2.05) is 0 Å². The van der Waals surface area contributed by atoms with Crippen molar-refractivity contribution >= 4 is 5.97 Å². The lowest BCUT2D eigenvalue weighted by Crippen LogP contribution is -2.36. The van der Waals surface area contributed by atoms with Crippen LogP contribution in [0.5, 0.6) is 0 Å². The van der Waals surface area contributed by atoms with Gasteiger partial charge in [0, 0.05) is 21.3 Å². The summed E-state index contributed by atoms with van der Waals surface area (Å²) in [5.74, 6) is -0.582. The second-order valence-corrected chi connectivity index (χ2v) is 16.1. The van der Waals surface area contributed by atoms with Crippen LogP contribution in [0.3, 0.4) is 0 Å². The summed E-state index contributed by atoms with van der Waals surface area (Å²) in [5, 5.41) is 10.1. The predicted octanol–water partition coefficient (Wildman–Crippen LogP) is 8.79. The highest BCUT2D eigenvalue weighted by atomic mass is 16.7. The molecular weight excluding hydrogens is 692 g/mol. The normalized spacial score (nSPS) is 27.4. The number of aliphatic hydroxyl groups is 1. The Hall–Kier alpha value is -0.890. The van der Waals surface area contributed by atoms with E-state index in [-0.39, 0.29) is 81.1 Å². The van der Waals surface area contributed by atoms with Crippen LogP contribution in [0.15, 0.2) is 0 Å². The zero-order valence-electron chi connectivity index (χ0n) is 34.9. The molecule has 0 amide bonds. The molecule has 0 spiro atoms. The molecule has 3 rings (SSSR count). The molecule has 1 N–H and O–H groups in total. The number of cyclic esters (lactones) is 1. The lowest BCUT2D eigenvalue weighted by atomic mass is 9.95. The van der Waals surface area contributed by atoms with Crippen molar-refractivity contribution in [3.05, 3.63) is 0 Å². The quantitative estimate of drug-likeness (QED) is 0.0384. The second kappa shape index (κ2) is 29.3. The molecule has 0 aromatic rings. The number of aliphatic hydroxyl groups excluding tert-OH is 1. The Morgan fingerprint density at radius 2 is 1.04 bits per heavy atom. The van der Waals surface area contributed by atoms with Crippen molar-refractivity contribution in [3.8, 4) is 0 Å². The van der Waals surface area contributed by atoms with E-state index in [4.69, 9.17) is 42.6 Å². The fourth-order valence-electron chi connectivity index (χ4n) is 8.58. The Morgan fingerprint density at radius 1 is 0.593 bits per heavy atom. The summed E-state index contributed by atoms with van der Waals surface area (Å²) in [6.07, 6.45) is 25.7. The fraction of sp³-hybridized carbons (Fsp3) is 0.977. The summed E-state index contributed by atoms with van der Waals surface area (Å²) in [6, 6.07) is 0. The van der Waals surface area contributed by atoms with Gasteiger partial charge in [0.15, 0.2) is 0 Å². The molecule has 2 unspecified atom stereocenters. The Bertz CT molecular complexity index is 924. The summed E-state index contributed by atoms with van der Waals surface area (Å²) in [5.41, 5.74) is 0. The van der Waals surface area contributed by atoms with Crippen LogP contribution in [0.4, 0.5) is 0 Å². The predicted molar refractivity (Wildman–Crippen MR) is 209 cm³/mol. The standard InChI is InChI=1S/C43H80O11/c1-6-7-8-9-10-14-17-20-23-36(49-30-46-3)40-28-29-41(54-40)38(51-32-48-5)27-26-37(50-31-47-4)39-25-24-34(53-39)21-18-15-12-11-13-16-19-22-35-42(44)33(2)52-43(35)45/h33-42,44H,6-32H2,1-5H3/t33-,34+,35?,36-,37-,38+,39-,40+,41+,42?/m0/s1. The van der Waals surface area contributed by atoms with Crippen LogP contribution in [0.25, 0.3) is 0 Å². The van der Waals surface area contributed by atoms with Crippen LogP contribution in [0.1, 0.15) is 168 Å². The van der Waals surface area contributed by atoms with Gasteiger partial charge in [0.25, 0.3) is 0 Å². The number of unbranched alkanes of at least 4 members (excludes halogenated alkanes) is 13. The average molecular weight is 773 g/mol. The minimum atomic E-state index is -0.655. The van der Waals surface area contributed by atoms with Gasteiger partial charge in [-0.25, -0.2) is 0 Å². The highest BCUT2D eigenvalue weighted by Gasteiger charge is 2.41. The number of rotatable bonds is 34. The van der Waals surface area contributed by atoms with Crippen LogP contribution >= 0.6 is 0 Å². The van der Waals surface area contributed by atoms with Crippen molar-refractivity contribution in [2.24, 2.45) is 5.92 Å². The Morgan fingerprint density at radius 3 is 1.54 bits per heavy atom. The van der Waals surface area contributed by atoms with Gasteiger partial charge in [-0.3, -0.25) is 4.79 Å². The average Bonchev–Trinajstić information content (AvgIpc) is 3.91. The summed E-state index contributed by atoms with van der Waals surface area (Å²) >= 11 is 0. The first-order valence-corrected chi connectivity index (χ1v) is 21.9. The Balaban J connectivity index is 1.36. The van der Waals surface area contributed by atoms with Gasteiger partial charge in [-0.05, 0) is 64.7 Å². The van der Waals surface area contributed by atoms with E-state index in [1.54, 1.807) is 28.3 Å². The van der Waals surface area contributed by atoms with Gasteiger partial charge in [-0.1, -0.05) is 103 Å². The van der Waals surface area contributed by atoms with Crippen LogP contribution in [0, 0.1) is 5.92 Å². The number of hydrogen-bond acceptors (Lipinski definition) is 11. The van der Waals surface area contributed by atoms with Crippen LogP contribution in [0.2, 0.25) is 0 Å². The van der Waals surface area contributed by atoms with Gasteiger partial charge in [-0.15, -0.1) is 0 Å². The van der Waals surface area contributed by atoms with Gasteiger partial charge in [0.1, 0.15) is 32.6 Å². The third-order valence-electron chi connectivity index (χ3n) is 11.8. The first kappa shape index (κ1) is 47.5. The summed E-state index contributed by atoms with van der Waals surface area (Å²) < 4.78 is 53.0. The van der Waals surface area contributed by atoms with Gasteiger partial charge in [-0.2, -0.15) is 0 Å². The third kappa shape index (κ3) is 18.1. The van der Waals surface area contributed by atoms with Crippen LogP contribution < -0.4 is 0 Å². The minimum absolute atomic E-state index is 0.0231. The van der Waals surface area contributed by atoms with E-state index < -0.39 is 6.10 Å². The van der Waals surface area contributed by atoms with Gasteiger partial charge in [0.2, 0.25) is 0 Å². The number of ether oxygens (including phenoxy) is 9. The monoisotopic (exact) mass is 773 g/mol. The third-order valence-corrected chi connectivity index (χ3v) is 11.8. The molecule has 0 aromatic carbocycles. The lowest BCUT2D eigenvalue weighted by molar-refractivity contribution is -0.165. The zero-order valence-corrected chi connectivity index (χ0v) is 34.9. The maximum Gasteiger partial charge on any atom is 0.312 e. The number of esters is 1. The number of carbonyl (C=O) groups is 1. The summed E-state index contributed by atoms with van der Waals surface area (Å²) in [6.45, 7) is 4.77. The fourth-order valence-corrected chi connectivity index (χ4v) is 8.58. The lowest BCUT2D eigenvalue weighted by Gasteiger charge is -2.29. The molecule has 318 valence electrons. The zero-order chi connectivity index (χ0) is 38.8. The van der Waals surface area contributed by atoms with Crippen molar-refractivity contribution in [2.75, 3.05) is 41.7 Å². The topological polar surface area (TPSA) is 120 Å². The van der Waals surface area contributed by atoms with Crippen molar-refractivity contribution in [2.45, 2.75) is 223 Å². The van der Waals surface area contributed by atoms with Crippen LogP contribution in [-0.4, -0.2) is 108 Å². The highest BCUT2D eigenvalue weighted by Crippen LogP contribution is 2.34. The van der Waals surface area contributed by atoms with E-state index in [1.165, 1.54) is 70.6 Å². The van der Waals surface area contributed by atoms with Crippen molar-refractivity contribution < 1.29 is 52.5 Å². The van der Waals surface area contributed by atoms with E-state index in [9.17, 15) is 9.90 Å². The van der Waals surface area contributed by atoms with Crippen molar-refractivity contribution in [1.29, 1.82) is 0 Å². The molecule has 10 atom stereocenters. The molecule has 3 fully saturated rings. The molecule has 11 nitrogen and oxygen atoms in total. The van der Waals surface area contributed by atoms with Crippen molar-refractivity contribution in [1.82, 2.24) is 0 Å². The molecule has 3 heterocycles. The molecule has 3 aliphatic rings. The van der Waals surface area contributed by atoms with Gasteiger partial charge >= 0.3 is 5.97 Å². The SMILES string of the molecule is CCCCCCCCCC[C@H](OCOC)[C@H]1CC[C@H]([C@@H](CC[C@H](OCOC)[C@@H]2CC[C@@H](CCCCCCCCCC3C(=O)O[C@@H](C)C3O)O2)OCOC)O1. The van der Waals surface area contributed by atoms with E-state index >= 15 is 0 Å². The maximum absolute atomic E-state index is 11.9. The number of methoxy groups -OCH3 is 3. The Labute approximate surface area is 328 Å².